The molecule has 2 nitrogen and oxygen atoms in total. The number of ether oxygens (including phenoxy) is 2. The minimum absolute atomic E-state index is 0.757. The monoisotopic (exact) mass is 398 g/mol. The van der Waals surface area contributed by atoms with Gasteiger partial charge in [0, 0.05) is 10.8 Å². The van der Waals surface area contributed by atoms with Crippen LogP contribution >= 0.6 is 0 Å². The van der Waals surface area contributed by atoms with Crippen molar-refractivity contribution in [2.75, 3.05) is 13.2 Å². The normalized spacial score (nSPS) is 11.1. The van der Waals surface area contributed by atoms with E-state index in [1.165, 1.54) is 32.7 Å². The summed E-state index contributed by atoms with van der Waals surface area (Å²) in [7, 11) is 0. The van der Waals surface area contributed by atoms with Gasteiger partial charge in [0.05, 0.1) is 13.2 Å². The summed E-state index contributed by atoms with van der Waals surface area (Å²) in [5.74, 6) is 1.93. The first-order valence-corrected chi connectivity index (χ1v) is 11.1. The van der Waals surface area contributed by atoms with E-state index in [1.54, 1.807) is 0 Å². The minimum atomic E-state index is 0.757. The van der Waals surface area contributed by atoms with Crippen LogP contribution in [0.2, 0.25) is 0 Å². The van der Waals surface area contributed by atoms with E-state index in [4.69, 9.17) is 9.47 Å². The number of benzene rings is 4. The van der Waals surface area contributed by atoms with Crippen molar-refractivity contribution in [3.05, 3.63) is 72.8 Å². The van der Waals surface area contributed by atoms with E-state index in [0.29, 0.717) is 0 Å². The van der Waals surface area contributed by atoms with Gasteiger partial charge in [0.15, 0.2) is 0 Å². The third kappa shape index (κ3) is 4.14. The lowest BCUT2D eigenvalue weighted by molar-refractivity contribution is 0.313. The zero-order chi connectivity index (χ0) is 20.8. The van der Waals surface area contributed by atoms with Crippen molar-refractivity contribution >= 4 is 21.5 Å². The predicted octanol–water partition coefficient (Wildman–Crippen LogP) is 8.02. The van der Waals surface area contributed by atoms with Crippen LogP contribution in [0.5, 0.6) is 11.5 Å². The SMILES string of the molecule is CCCCOc1ccc(-c2ccc(OCCCC)c3ccccc23)c2ccccc12. The first kappa shape index (κ1) is 20.3. The van der Waals surface area contributed by atoms with Crippen LogP contribution in [-0.2, 0) is 0 Å². The average Bonchev–Trinajstić information content (AvgIpc) is 2.80. The third-order valence-electron chi connectivity index (χ3n) is 5.57. The summed E-state index contributed by atoms with van der Waals surface area (Å²) in [4.78, 5) is 0. The van der Waals surface area contributed by atoms with Crippen molar-refractivity contribution in [3.63, 3.8) is 0 Å². The fourth-order valence-electron chi connectivity index (χ4n) is 3.92. The van der Waals surface area contributed by atoms with Gasteiger partial charge in [-0.05, 0) is 46.9 Å². The van der Waals surface area contributed by atoms with E-state index in [9.17, 15) is 0 Å². The van der Waals surface area contributed by atoms with Gasteiger partial charge in [-0.1, -0.05) is 87.4 Å². The smallest absolute Gasteiger partial charge is 0.127 e. The molecule has 2 heteroatoms. The van der Waals surface area contributed by atoms with Crippen LogP contribution in [0.15, 0.2) is 72.8 Å². The molecule has 0 aliphatic carbocycles. The maximum atomic E-state index is 6.09. The molecule has 0 fully saturated rings. The highest BCUT2D eigenvalue weighted by Gasteiger charge is 2.13. The third-order valence-corrected chi connectivity index (χ3v) is 5.57. The molecule has 0 aliphatic heterocycles. The second kappa shape index (κ2) is 9.67. The van der Waals surface area contributed by atoms with Gasteiger partial charge in [0.2, 0.25) is 0 Å². The summed E-state index contributed by atoms with van der Waals surface area (Å²) in [6.07, 6.45) is 4.41. The Morgan fingerprint density at radius 2 is 0.900 bits per heavy atom. The maximum absolute atomic E-state index is 6.09. The molecule has 0 saturated carbocycles. The van der Waals surface area contributed by atoms with Crippen LogP contribution in [0.1, 0.15) is 39.5 Å². The van der Waals surface area contributed by atoms with Crippen LogP contribution < -0.4 is 9.47 Å². The molecule has 0 unspecified atom stereocenters. The van der Waals surface area contributed by atoms with E-state index < -0.39 is 0 Å². The largest absolute Gasteiger partial charge is 0.493 e. The molecule has 154 valence electrons. The van der Waals surface area contributed by atoms with Crippen LogP contribution in [0.3, 0.4) is 0 Å². The van der Waals surface area contributed by atoms with Gasteiger partial charge >= 0.3 is 0 Å². The molecule has 0 N–H and O–H groups in total. The highest BCUT2D eigenvalue weighted by Crippen LogP contribution is 2.40. The standard InChI is InChI=1S/C28H30O2/c1-3-5-19-29-27-17-15-23(21-11-7-9-13-25(21)27)24-16-18-28(30-20-6-4-2)26-14-10-8-12-22(24)26/h7-18H,3-6,19-20H2,1-2H3. The Kier molecular flexibility index (Phi) is 6.53. The topological polar surface area (TPSA) is 18.5 Å². The Labute approximate surface area is 179 Å². The second-order valence-corrected chi connectivity index (χ2v) is 7.72. The van der Waals surface area contributed by atoms with E-state index in [-0.39, 0.29) is 0 Å². The Morgan fingerprint density at radius 3 is 1.30 bits per heavy atom. The Morgan fingerprint density at radius 1 is 0.500 bits per heavy atom. The van der Waals surface area contributed by atoms with Crippen molar-refractivity contribution in [1.82, 2.24) is 0 Å². The lowest BCUT2D eigenvalue weighted by Gasteiger charge is -2.16. The molecule has 0 atom stereocenters. The Hall–Kier alpha value is -3.00. The highest BCUT2D eigenvalue weighted by molar-refractivity contribution is 6.08. The summed E-state index contributed by atoms with van der Waals surface area (Å²) in [6, 6.07) is 25.7. The fourth-order valence-corrected chi connectivity index (χ4v) is 3.92. The van der Waals surface area contributed by atoms with Gasteiger partial charge in [-0.25, -0.2) is 0 Å². The van der Waals surface area contributed by atoms with Crippen LogP contribution in [-0.4, -0.2) is 13.2 Å². The van der Waals surface area contributed by atoms with E-state index >= 15 is 0 Å². The van der Waals surface area contributed by atoms with Gasteiger partial charge in [0.1, 0.15) is 11.5 Å². The van der Waals surface area contributed by atoms with E-state index in [2.05, 4.69) is 86.6 Å². The second-order valence-electron chi connectivity index (χ2n) is 7.72. The van der Waals surface area contributed by atoms with Gasteiger partial charge in [0.25, 0.3) is 0 Å². The number of hydrogen-bond donors (Lipinski definition) is 0. The number of rotatable bonds is 9. The molecular formula is C28H30O2. The first-order chi connectivity index (χ1) is 14.8. The molecule has 0 radical (unpaired) electrons. The Bertz CT molecular complexity index is 1040. The summed E-state index contributed by atoms with van der Waals surface area (Å²) >= 11 is 0. The van der Waals surface area contributed by atoms with Crippen molar-refractivity contribution in [1.29, 1.82) is 0 Å². The van der Waals surface area contributed by atoms with Gasteiger partial charge < -0.3 is 9.47 Å². The Balaban J connectivity index is 1.81. The molecule has 0 aromatic heterocycles. The zero-order valence-corrected chi connectivity index (χ0v) is 18.0. The molecule has 0 amide bonds. The van der Waals surface area contributed by atoms with Crippen molar-refractivity contribution in [2.24, 2.45) is 0 Å². The number of unbranched alkanes of at least 4 members (excludes halogenated alkanes) is 2. The highest BCUT2D eigenvalue weighted by atomic mass is 16.5. The van der Waals surface area contributed by atoms with Crippen molar-refractivity contribution < 1.29 is 9.47 Å². The van der Waals surface area contributed by atoms with Crippen LogP contribution in [0.4, 0.5) is 0 Å². The molecule has 4 aromatic carbocycles. The zero-order valence-electron chi connectivity index (χ0n) is 18.0. The van der Waals surface area contributed by atoms with Gasteiger partial charge in [-0.3, -0.25) is 0 Å². The minimum Gasteiger partial charge on any atom is -0.493 e. The van der Waals surface area contributed by atoms with Gasteiger partial charge in [-0.2, -0.15) is 0 Å². The van der Waals surface area contributed by atoms with E-state index in [1.807, 2.05) is 0 Å². The molecule has 0 heterocycles. The number of hydrogen-bond acceptors (Lipinski definition) is 2. The lowest BCUT2D eigenvalue weighted by Crippen LogP contribution is -1.98. The van der Waals surface area contributed by atoms with Crippen LogP contribution in [0, 0.1) is 0 Å². The quantitative estimate of drug-likeness (QED) is 0.266. The summed E-state index contributed by atoms with van der Waals surface area (Å²) in [5.41, 5.74) is 2.45. The van der Waals surface area contributed by atoms with E-state index in [0.717, 1.165) is 50.4 Å². The lowest BCUT2D eigenvalue weighted by atomic mass is 9.93. The van der Waals surface area contributed by atoms with Crippen molar-refractivity contribution in [2.45, 2.75) is 39.5 Å². The molecule has 0 bridgehead atoms. The number of fused-ring (bicyclic) bond motifs is 2. The summed E-state index contributed by atoms with van der Waals surface area (Å²) in [6.45, 7) is 5.88. The maximum Gasteiger partial charge on any atom is 0.127 e. The molecule has 30 heavy (non-hydrogen) atoms. The summed E-state index contributed by atoms with van der Waals surface area (Å²) in [5, 5.41) is 4.77. The predicted molar refractivity (Wildman–Crippen MR) is 128 cm³/mol. The molecule has 0 spiro atoms. The first-order valence-electron chi connectivity index (χ1n) is 11.1. The summed E-state index contributed by atoms with van der Waals surface area (Å²) < 4.78 is 12.2. The molecule has 4 aromatic rings. The average molecular weight is 399 g/mol. The molecule has 4 rings (SSSR count). The molecule has 0 saturated heterocycles. The molecule has 0 aliphatic rings. The fraction of sp³-hybridized carbons (Fsp3) is 0.286. The van der Waals surface area contributed by atoms with Crippen LogP contribution in [0.25, 0.3) is 32.7 Å². The molecular weight excluding hydrogens is 368 g/mol. The van der Waals surface area contributed by atoms with Gasteiger partial charge in [-0.15, -0.1) is 0 Å². The van der Waals surface area contributed by atoms with Crippen molar-refractivity contribution in [3.8, 4) is 22.6 Å².